The Kier molecular flexibility index (Phi) is 4.41. The molecule has 0 unspecified atom stereocenters. The Bertz CT molecular complexity index is 1300. The second kappa shape index (κ2) is 7.36. The minimum Gasteiger partial charge on any atom is -0.494 e. The van der Waals surface area contributed by atoms with Crippen LogP contribution >= 0.6 is 0 Å². The van der Waals surface area contributed by atoms with Gasteiger partial charge in [-0.2, -0.15) is 0 Å². The first-order valence-electron chi connectivity index (χ1n) is 9.79. The zero-order valence-electron chi connectivity index (χ0n) is 16.2. The van der Waals surface area contributed by atoms with Gasteiger partial charge in [0.1, 0.15) is 5.75 Å². The first-order valence-corrected chi connectivity index (χ1v) is 9.79. The van der Waals surface area contributed by atoms with Crippen LogP contribution in [0.3, 0.4) is 0 Å². The average Bonchev–Trinajstić information content (AvgIpc) is 2.79. The molecule has 140 valence electrons. The largest absolute Gasteiger partial charge is 0.494 e. The summed E-state index contributed by atoms with van der Waals surface area (Å²) in [7, 11) is 0. The summed E-state index contributed by atoms with van der Waals surface area (Å²) < 4.78 is 5.58. The van der Waals surface area contributed by atoms with Gasteiger partial charge in [-0.15, -0.1) is 0 Å². The van der Waals surface area contributed by atoms with Crippen molar-refractivity contribution in [3.63, 3.8) is 0 Å². The van der Waals surface area contributed by atoms with Crippen molar-refractivity contribution in [2.75, 3.05) is 6.61 Å². The molecule has 5 aromatic rings. The maximum atomic E-state index is 5.58. The number of ether oxygens (including phenoxy) is 1. The molecular formula is C26H20N2O. The molecule has 0 atom stereocenters. The first kappa shape index (κ1) is 17.4. The van der Waals surface area contributed by atoms with Crippen LogP contribution in [0.1, 0.15) is 6.92 Å². The van der Waals surface area contributed by atoms with Crippen molar-refractivity contribution in [3.05, 3.63) is 91.3 Å². The third-order valence-corrected chi connectivity index (χ3v) is 5.13. The molecule has 0 N–H and O–H groups in total. The zero-order chi connectivity index (χ0) is 19.6. The molecule has 3 heteroatoms. The molecule has 29 heavy (non-hydrogen) atoms. The molecule has 0 spiro atoms. The van der Waals surface area contributed by atoms with E-state index in [1.807, 2.05) is 31.3 Å². The number of pyridine rings is 2. The van der Waals surface area contributed by atoms with Gasteiger partial charge in [-0.3, -0.25) is 4.98 Å². The number of hydrogen-bond acceptors (Lipinski definition) is 3. The van der Waals surface area contributed by atoms with Gasteiger partial charge >= 0.3 is 0 Å². The fourth-order valence-electron chi connectivity index (χ4n) is 3.79. The summed E-state index contributed by atoms with van der Waals surface area (Å²) in [5.41, 5.74) is 5.21. The molecule has 2 heterocycles. The fraction of sp³-hybridized carbons (Fsp3) is 0.0769. The summed E-state index contributed by atoms with van der Waals surface area (Å²) in [6.45, 7) is 2.65. The van der Waals surface area contributed by atoms with Crippen LogP contribution in [0.5, 0.6) is 5.75 Å². The van der Waals surface area contributed by atoms with Gasteiger partial charge in [-0.05, 0) is 65.7 Å². The summed E-state index contributed by atoms with van der Waals surface area (Å²) in [5.74, 6) is 0.871. The van der Waals surface area contributed by atoms with Crippen molar-refractivity contribution in [1.82, 2.24) is 9.97 Å². The van der Waals surface area contributed by atoms with E-state index in [4.69, 9.17) is 9.72 Å². The van der Waals surface area contributed by atoms with E-state index in [2.05, 4.69) is 65.6 Å². The van der Waals surface area contributed by atoms with Gasteiger partial charge in [0.25, 0.3) is 0 Å². The highest BCUT2D eigenvalue weighted by Crippen LogP contribution is 2.36. The molecule has 0 radical (unpaired) electrons. The van der Waals surface area contributed by atoms with Crippen molar-refractivity contribution in [1.29, 1.82) is 0 Å². The maximum absolute atomic E-state index is 5.58. The Labute approximate surface area is 169 Å². The minimum absolute atomic E-state index is 0.659. The van der Waals surface area contributed by atoms with Crippen molar-refractivity contribution < 1.29 is 4.74 Å². The molecule has 2 aromatic heterocycles. The van der Waals surface area contributed by atoms with Gasteiger partial charge in [-0.1, -0.05) is 36.4 Å². The van der Waals surface area contributed by atoms with Crippen molar-refractivity contribution in [2.45, 2.75) is 6.92 Å². The third kappa shape index (κ3) is 3.21. The normalized spacial score (nSPS) is 11.1. The molecule has 3 aromatic carbocycles. The van der Waals surface area contributed by atoms with E-state index < -0.39 is 0 Å². The van der Waals surface area contributed by atoms with Gasteiger partial charge in [0.2, 0.25) is 0 Å². The second-order valence-electron chi connectivity index (χ2n) is 6.93. The van der Waals surface area contributed by atoms with Crippen molar-refractivity contribution in [2.24, 2.45) is 0 Å². The quantitative estimate of drug-likeness (QED) is 0.335. The predicted octanol–water partition coefficient (Wildman–Crippen LogP) is 6.52. The second-order valence-corrected chi connectivity index (χ2v) is 6.93. The summed E-state index contributed by atoms with van der Waals surface area (Å²) in [6.07, 6.45) is 3.72. The van der Waals surface area contributed by atoms with Gasteiger partial charge in [0.15, 0.2) is 0 Å². The lowest BCUT2D eigenvalue weighted by Gasteiger charge is -2.13. The summed E-state index contributed by atoms with van der Waals surface area (Å²) >= 11 is 0. The van der Waals surface area contributed by atoms with Crippen LogP contribution in [0.2, 0.25) is 0 Å². The first-order chi connectivity index (χ1) is 14.3. The van der Waals surface area contributed by atoms with Crippen LogP contribution < -0.4 is 4.74 Å². The zero-order valence-corrected chi connectivity index (χ0v) is 16.2. The van der Waals surface area contributed by atoms with E-state index in [-0.39, 0.29) is 0 Å². The average molecular weight is 376 g/mol. The molecule has 0 aliphatic heterocycles. The lowest BCUT2D eigenvalue weighted by atomic mass is 9.95. The molecule has 0 saturated heterocycles. The van der Waals surface area contributed by atoms with E-state index in [9.17, 15) is 0 Å². The van der Waals surface area contributed by atoms with Crippen LogP contribution in [0.4, 0.5) is 0 Å². The predicted molar refractivity (Wildman–Crippen MR) is 119 cm³/mol. The molecule has 0 bridgehead atoms. The highest BCUT2D eigenvalue weighted by molar-refractivity contribution is 6.13. The minimum atomic E-state index is 0.659. The number of rotatable bonds is 4. The summed E-state index contributed by atoms with van der Waals surface area (Å²) in [6, 6.07) is 27.1. The number of fused-ring (bicyclic) bond motifs is 3. The van der Waals surface area contributed by atoms with Crippen LogP contribution in [0.25, 0.3) is 44.1 Å². The number of aromatic nitrogens is 2. The van der Waals surface area contributed by atoms with E-state index in [0.717, 1.165) is 39.0 Å². The maximum Gasteiger partial charge on any atom is 0.119 e. The Hall–Kier alpha value is -3.72. The van der Waals surface area contributed by atoms with Crippen LogP contribution in [0, 0.1) is 0 Å². The van der Waals surface area contributed by atoms with Gasteiger partial charge in [0.05, 0.1) is 17.8 Å². The molecule has 0 saturated carbocycles. The summed E-state index contributed by atoms with van der Waals surface area (Å²) in [4.78, 5) is 9.34. The number of benzene rings is 3. The van der Waals surface area contributed by atoms with E-state index in [1.54, 1.807) is 6.20 Å². The van der Waals surface area contributed by atoms with Crippen molar-refractivity contribution >= 4 is 21.7 Å². The monoisotopic (exact) mass is 376 g/mol. The van der Waals surface area contributed by atoms with Gasteiger partial charge < -0.3 is 4.74 Å². The third-order valence-electron chi connectivity index (χ3n) is 5.13. The highest BCUT2D eigenvalue weighted by Gasteiger charge is 2.12. The molecule has 0 aliphatic rings. The van der Waals surface area contributed by atoms with E-state index in [1.165, 1.54) is 10.8 Å². The fourth-order valence-corrected chi connectivity index (χ4v) is 3.79. The Morgan fingerprint density at radius 1 is 0.828 bits per heavy atom. The molecular weight excluding hydrogens is 356 g/mol. The standard InChI is InChI=1S/C26H20N2O/c1-2-29-21-12-9-19(10-13-21)25-16-23(20-7-5-15-27-17-20)26-22-8-4-3-6-18(22)11-14-24(26)28-25/h3-17H,2H2,1H3. The molecule has 3 nitrogen and oxygen atoms in total. The number of nitrogens with zero attached hydrogens (tertiary/aromatic N) is 2. The Balaban J connectivity index is 1.78. The molecule has 5 rings (SSSR count). The van der Waals surface area contributed by atoms with Crippen LogP contribution in [-0.4, -0.2) is 16.6 Å². The molecule has 0 fully saturated rings. The smallest absolute Gasteiger partial charge is 0.119 e. The van der Waals surface area contributed by atoms with Crippen LogP contribution in [0.15, 0.2) is 91.3 Å². The molecule has 0 aliphatic carbocycles. The van der Waals surface area contributed by atoms with Crippen molar-refractivity contribution in [3.8, 4) is 28.1 Å². The Morgan fingerprint density at radius 2 is 1.69 bits per heavy atom. The lowest BCUT2D eigenvalue weighted by Crippen LogP contribution is -1.93. The highest BCUT2D eigenvalue weighted by atomic mass is 16.5. The topological polar surface area (TPSA) is 35.0 Å². The SMILES string of the molecule is CCOc1ccc(-c2cc(-c3cccnc3)c3c(ccc4ccccc43)n2)cc1. The Morgan fingerprint density at radius 3 is 2.48 bits per heavy atom. The molecule has 0 amide bonds. The van der Waals surface area contributed by atoms with Gasteiger partial charge in [0, 0.05) is 28.9 Å². The summed E-state index contributed by atoms with van der Waals surface area (Å²) in [5, 5.41) is 3.57. The van der Waals surface area contributed by atoms with E-state index in [0.29, 0.717) is 6.61 Å². The number of hydrogen-bond donors (Lipinski definition) is 0. The van der Waals surface area contributed by atoms with Crippen LogP contribution in [-0.2, 0) is 0 Å². The van der Waals surface area contributed by atoms with Gasteiger partial charge in [-0.25, -0.2) is 4.98 Å². The lowest BCUT2D eigenvalue weighted by molar-refractivity contribution is 0.340. The van der Waals surface area contributed by atoms with E-state index >= 15 is 0 Å².